The smallest absolute Gasteiger partial charge is 0.320 e. The number of hydrogen-bond acceptors (Lipinski definition) is 8. The number of H-pyrrole nitrogens is 1. The van der Waals surface area contributed by atoms with Crippen LogP contribution in [0.25, 0.3) is 11.0 Å². The van der Waals surface area contributed by atoms with Gasteiger partial charge in [-0.15, -0.1) is 24.8 Å². The summed E-state index contributed by atoms with van der Waals surface area (Å²) in [5.41, 5.74) is 7.94. The summed E-state index contributed by atoms with van der Waals surface area (Å²) in [5, 5.41) is 28.2. The maximum Gasteiger partial charge on any atom is 0.320 e. The summed E-state index contributed by atoms with van der Waals surface area (Å²) >= 11 is 0. The first-order chi connectivity index (χ1) is 23.3. The Morgan fingerprint density at radius 1 is 1.08 bits per heavy atom. The van der Waals surface area contributed by atoms with Crippen molar-refractivity contribution in [3.8, 4) is 5.75 Å². The molecule has 0 aliphatic carbocycles. The number of fused-ring (bicyclic) bond motifs is 1. The van der Waals surface area contributed by atoms with Gasteiger partial charge < -0.3 is 30.8 Å². The normalized spacial score (nSPS) is 14.4. The molecule has 1 aliphatic rings. The van der Waals surface area contributed by atoms with E-state index in [0.717, 1.165) is 9.87 Å². The third-order valence-electron chi connectivity index (χ3n) is 8.38. The number of carbonyl (C=O) groups excluding carboxylic acids is 1. The van der Waals surface area contributed by atoms with Crippen LogP contribution in [-0.4, -0.2) is 76.9 Å². The van der Waals surface area contributed by atoms with Gasteiger partial charge in [0.15, 0.2) is 5.75 Å². The van der Waals surface area contributed by atoms with Crippen LogP contribution in [-0.2, 0) is 19.6 Å². The number of ether oxygens (including phenoxy) is 1. The van der Waals surface area contributed by atoms with Gasteiger partial charge in [-0.1, -0.05) is 30.3 Å². The highest BCUT2D eigenvalue weighted by atomic mass is 35.5. The largest absolute Gasteiger partial charge is 0.490 e. The van der Waals surface area contributed by atoms with Crippen molar-refractivity contribution in [2.75, 3.05) is 23.1 Å². The molecule has 2 atom stereocenters. The van der Waals surface area contributed by atoms with Gasteiger partial charge in [0.1, 0.15) is 29.6 Å². The third kappa shape index (κ3) is 10.1. The Labute approximate surface area is 308 Å². The Balaban J connectivity index is 0.00000351. The molecule has 0 radical (unpaired) electrons. The number of nitrogen functional groups attached to an aromatic ring is 1. The third-order valence-corrected chi connectivity index (χ3v) is 10.1. The fourth-order valence-electron chi connectivity index (χ4n) is 5.88. The summed E-state index contributed by atoms with van der Waals surface area (Å²) in [7, 11) is -4.59. The topological polar surface area (TPSA) is 219 Å². The number of aromatic amines is 1. The van der Waals surface area contributed by atoms with E-state index in [1.165, 1.54) is 12.1 Å². The number of hydrogen-bond donors (Lipinski definition) is 6. The Bertz CT molecular complexity index is 1950. The number of benzene rings is 3. The molecule has 14 nitrogen and oxygen atoms in total. The lowest BCUT2D eigenvalue weighted by molar-refractivity contribution is -0.134. The second kappa shape index (κ2) is 17.4. The van der Waals surface area contributed by atoms with Crippen LogP contribution >= 0.6 is 24.8 Å². The molecule has 0 spiro atoms. The van der Waals surface area contributed by atoms with Crippen molar-refractivity contribution in [2.24, 2.45) is 5.73 Å². The Kier molecular flexibility index (Phi) is 13.8. The van der Waals surface area contributed by atoms with Gasteiger partial charge in [-0.2, -0.15) is 0 Å². The molecule has 0 bridgehead atoms. The van der Waals surface area contributed by atoms with Gasteiger partial charge in [0, 0.05) is 31.5 Å². The van der Waals surface area contributed by atoms with Crippen molar-refractivity contribution in [3.05, 3.63) is 89.7 Å². The fourth-order valence-corrected chi connectivity index (χ4v) is 7.34. The summed E-state index contributed by atoms with van der Waals surface area (Å²) < 4.78 is 34.9. The monoisotopic (exact) mass is 760 g/mol. The lowest BCUT2D eigenvalue weighted by atomic mass is 10.1. The fraction of sp³-hybridized carbons (Fsp3) is 0.324. The van der Waals surface area contributed by atoms with Crippen molar-refractivity contribution in [1.29, 1.82) is 10.8 Å². The van der Waals surface area contributed by atoms with Gasteiger partial charge in [0.2, 0.25) is 15.9 Å². The molecule has 51 heavy (non-hydrogen) atoms. The number of sulfonamides is 1. The number of anilines is 1. The quantitative estimate of drug-likeness (QED) is 0.0816. The molecule has 1 fully saturated rings. The van der Waals surface area contributed by atoms with E-state index in [4.69, 9.17) is 21.3 Å². The number of carboxylic acids is 1. The first-order valence-electron chi connectivity index (χ1n) is 15.8. The van der Waals surface area contributed by atoms with Crippen molar-refractivity contribution in [1.82, 2.24) is 20.2 Å². The van der Waals surface area contributed by atoms with Crippen molar-refractivity contribution in [2.45, 2.75) is 51.3 Å². The summed E-state index contributed by atoms with van der Waals surface area (Å²) in [6, 6.07) is 18.6. The van der Waals surface area contributed by atoms with Gasteiger partial charge in [-0.05, 0) is 61.9 Å². The van der Waals surface area contributed by atoms with Crippen LogP contribution in [0, 0.1) is 10.8 Å². The van der Waals surface area contributed by atoms with Gasteiger partial charge in [0.25, 0.3) is 0 Å². The highest BCUT2D eigenvalue weighted by Gasteiger charge is 2.37. The van der Waals surface area contributed by atoms with Crippen LogP contribution in [0.5, 0.6) is 5.75 Å². The van der Waals surface area contributed by atoms with E-state index in [2.05, 4.69) is 15.3 Å². The van der Waals surface area contributed by atoms with Gasteiger partial charge in [-0.3, -0.25) is 24.7 Å². The van der Waals surface area contributed by atoms with E-state index in [0.29, 0.717) is 54.1 Å². The van der Waals surface area contributed by atoms with Crippen LogP contribution in [0.4, 0.5) is 5.69 Å². The summed E-state index contributed by atoms with van der Waals surface area (Å²) in [6.07, 6.45) is 0.936. The summed E-state index contributed by atoms with van der Waals surface area (Å²) in [4.78, 5) is 35.1. The van der Waals surface area contributed by atoms with E-state index < -0.39 is 46.2 Å². The first-order valence-corrected chi connectivity index (χ1v) is 17.4. The minimum absolute atomic E-state index is 0. The molecule has 0 saturated carbocycles. The number of halogens is 2. The van der Waals surface area contributed by atoms with Crippen LogP contribution in [0.2, 0.25) is 0 Å². The lowest BCUT2D eigenvalue weighted by Crippen LogP contribution is -2.41. The molecule has 17 heteroatoms. The van der Waals surface area contributed by atoms with E-state index >= 15 is 0 Å². The lowest BCUT2D eigenvalue weighted by Gasteiger charge is -2.33. The number of carbonyl (C=O) groups is 2. The van der Waals surface area contributed by atoms with E-state index in [1.54, 1.807) is 44.2 Å². The molecule has 1 aliphatic heterocycles. The Hall–Kier alpha value is -4.86. The van der Waals surface area contributed by atoms with Crippen LogP contribution in [0.15, 0.2) is 72.8 Å². The number of nitrogens with one attached hydrogen (secondary N) is 4. The molecular formula is C34H42Cl2N8O6S. The van der Waals surface area contributed by atoms with Gasteiger partial charge >= 0.3 is 5.97 Å². The Morgan fingerprint density at radius 2 is 1.73 bits per heavy atom. The van der Waals surface area contributed by atoms with Crippen LogP contribution < -0.4 is 20.1 Å². The Morgan fingerprint density at radius 3 is 2.31 bits per heavy atom. The van der Waals surface area contributed by atoms with E-state index in [1.807, 2.05) is 35.2 Å². The number of imidazole rings is 1. The number of carboxylic acid groups (broad SMARTS) is 1. The number of amidine groups is 2. The standard InChI is InChI=1S/C34H40N8O6S.2ClH/c1-21(23-6-4-3-5-7-23)38-31(43)19-30(34-39-28-13-8-24(33(36)37)18-29(28)40-34)42(49(46,47)20-32(44)45)25-9-11-26(12-10-25)48-27-14-16-41(17-15-27)22(2)35;;/h3-13,18,21,27,30,35H,14-17,19-20H2,1-2H3,(H3,36,37)(H,38,43)(H,39,40)(H,44,45);2*1H/t21?,30-;;/m0../s1. The van der Waals surface area contributed by atoms with E-state index in [-0.39, 0.29) is 48.3 Å². The number of rotatable bonds is 13. The van der Waals surface area contributed by atoms with Crippen LogP contribution in [0.1, 0.15) is 62.1 Å². The maximum absolute atomic E-state index is 13.9. The second-order valence-electron chi connectivity index (χ2n) is 12.0. The first kappa shape index (κ1) is 40.6. The average molecular weight is 762 g/mol. The predicted molar refractivity (Wildman–Crippen MR) is 201 cm³/mol. The molecule has 7 N–H and O–H groups in total. The molecule has 1 amide bonds. The predicted octanol–water partition coefficient (Wildman–Crippen LogP) is 4.76. The minimum atomic E-state index is -4.59. The van der Waals surface area contributed by atoms with Gasteiger partial charge in [0.05, 0.1) is 35.0 Å². The number of nitrogens with zero attached hydrogens (tertiary/aromatic N) is 3. The molecule has 2 heterocycles. The zero-order valence-corrected chi connectivity index (χ0v) is 30.5. The molecule has 5 rings (SSSR count). The highest BCUT2D eigenvalue weighted by Crippen LogP contribution is 2.35. The molecule has 274 valence electrons. The molecule has 3 aromatic carbocycles. The molecular weight excluding hydrogens is 719 g/mol. The number of likely N-dealkylation sites (tertiary alicyclic amines) is 1. The maximum atomic E-state index is 13.9. The number of nitrogens with two attached hydrogens (primary N) is 1. The molecule has 4 aromatic rings. The molecule has 1 saturated heterocycles. The SMILES string of the molecule is CC(=N)N1CCC(Oc2ccc(N([C@@H](CC(=O)NC(C)c3ccccc3)c3nc4ccc(C(=N)N)cc4[nH]3)S(=O)(=O)CC(=O)O)cc2)CC1.Cl.Cl. The average Bonchev–Trinajstić information content (AvgIpc) is 3.49. The second-order valence-corrected chi connectivity index (χ2v) is 13.9. The van der Waals surface area contributed by atoms with Gasteiger partial charge in [-0.25, -0.2) is 13.4 Å². The van der Waals surface area contributed by atoms with Crippen molar-refractivity contribution in [3.63, 3.8) is 0 Å². The number of aliphatic carboxylic acids is 1. The van der Waals surface area contributed by atoms with E-state index in [9.17, 15) is 23.1 Å². The number of piperidine rings is 1. The molecule has 1 unspecified atom stereocenters. The summed E-state index contributed by atoms with van der Waals surface area (Å²) in [5.74, 6) is -2.36. The molecule has 1 aromatic heterocycles. The van der Waals surface area contributed by atoms with Crippen LogP contribution in [0.3, 0.4) is 0 Å². The highest BCUT2D eigenvalue weighted by molar-refractivity contribution is 7.93. The summed E-state index contributed by atoms with van der Waals surface area (Å²) in [6.45, 7) is 4.94. The number of aromatic nitrogens is 2. The van der Waals surface area contributed by atoms with Crippen molar-refractivity contribution < 1.29 is 27.9 Å². The van der Waals surface area contributed by atoms with Crippen molar-refractivity contribution >= 4 is 75.1 Å². The number of amides is 1. The zero-order chi connectivity index (χ0) is 35.3. The minimum Gasteiger partial charge on any atom is -0.490 e. The zero-order valence-electron chi connectivity index (χ0n) is 28.0.